The number of hydrogen-bond acceptors (Lipinski definition) is 4. The number of fused-ring (bicyclic) bond motifs is 1. The Morgan fingerprint density at radius 3 is 2.81 bits per heavy atom. The average Bonchev–Trinajstić information content (AvgIpc) is 3.26. The van der Waals surface area contributed by atoms with Gasteiger partial charge in [-0.25, -0.2) is 0 Å². The summed E-state index contributed by atoms with van der Waals surface area (Å²) in [4.78, 5) is 26.5. The first-order valence-electron chi connectivity index (χ1n) is 8.91. The van der Waals surface area contributed by atoms with Gasteiger partial charge in [0.1, 0.15) is 5.75 Å². The van der Waals surface area contributed by atoms with E-state index in [2.05, 4.69) is 15.5 Å². The van der Waals surface area contributed by atoms with Crippen LogP contribution in [0.1, 0.15) is 12.0 Å². The number of amides is 2. The van der Waals surface area contributed by atoms with Crippen molar-refractivity contribution in [2.75, 3.05) is 18.0 Å². The minimum atomic E-state index is -0.382. The lowest BCUT2D eigenvalue weighted by Crippen LogP contribution is -2.34. The molecule has 1 aliphatic heterocycles. The van der Waals surface area contributed by atoms with E-state index in [1.54, 1.807) is 17.0 Å². The van der Waals surface area contributed by atoms with E-state index >= 15 is 0 Å². The minimum absolute atomic E-state index is 0.0917. The number of aromatic nitrogens is 2. The Kier molecular flexibility index (Phi) is 4.50. The predicted molar refractivity (Wildman–Crippen MR) is 101 cm³/mol. The molecule has 2 amide bonds. The molecule has 0 spiro atoms. The number of phenols is 1. The van der Waals surface area contributed by atoms with E-state index < -0.39 is 0 Å². The lowest BCUT2D eigenvalue weighted by molar-refractivity contribution is -0.126. The van der Waals surface area contributed by atoms with Crippen molar-refractivity contribution in [2.45, 2.75) is 12.8 Å². The van der Waals surface area contributed by atoms with E-state index in [1.807, 2.05) is 36.4 Å². The monoisotopic (exact) mass is 364 g/mol. The quantitative estimate of drug-likeness (QED) is 0.645. The molecule has 4 rings (SSSR count). The van der Waals surface area contributed by atoms with Crippen LogP contribution in [0.5, 0.6) is 5.75 Å². The number of rotatable bonds is 5. The van der Waals surface area contributed by atoms with Gasteiger partial charge >= 0.3 is 0 Å². The van der Waals surface area contributed by atoms with Crippen LogP contribution in [-0.2, 0) is 16.0 Å². The standard InChI is InChI=1S/C20H20N4O3/c25-15-7-5-13(6-8-15)9-10-21-20(27)14-11-18(26)24(12-14)19-16-3-1-2-4-17(16)22-23-19/h1-8,14,25H,9-12H2,(H,21,27)(H,22,23). The zero-order chi connectivity index (χ0) is 18.8. The predicted octanol–water partition coefficient (Wildman–Crippen LogP) is 1.98. The topological polar surface area (TPSA) is 98.3 Å². The van der Waals surface area contributed by atoms with Gasteiger partial charge in [0.25, 0.3) is 0 Å². The highest BCUT2D eigenvalue weighted by Crippen LogP contribution is 2.29. The number of hydrogen-bond donors (Lipinski definition) is 3. The summed E-state index contributed by atoms with van der Waals surface area (Å²) in [6, 6.07) is 14.5. The van der Waals surface area contributed by atoms with Crippen LogP contribution in [0.15, 0.2) is 48.5 Å². The molecule has 1 atom stereocenters. The molecule has 0 saturated carbocycles. The molecule has 2 heterocycles. The second kappa shape index (κ2) is 7.11. The third kappa shape index (κ3) is 3.48. The van der Waals surface area contributed by atoms with Gasteiger partial charge in [-0.15, -0.1) is 0 Å². The van der Waals surface area contributed by atoms with Gasteiger partial charge in [-0.05, 0) is 36.2 Å². The van der Waals surface area contributed by atoms with Gasteiger partial charge in [-0.3, -0.25) is 19.6 Å². The Bertz CT molecular complexity index is 980. The molecule has 1 saturated heterocycles. The number of nitrogens with one attached hydrogen (secondary N) is 2. The summed E-state index contributed by atoms with van der Waals surface area (Å²) in [6.45, 7) is 0.818. The lowest BCUT2D eigenvalue weighted by Gasteiger charge is -2.14. The van der Waals surface area contributed by atoms with Crippen molar-refractivity contribution in [3.8, 4) is 5.75 Å². The summed E-state index contributed by atoms with van der Waals surface area (Å²) < 4.78 is 0. The summed E-state index contributed by atoms with van der Waals surface area (Å²) in [7, 11) is 0. The fraction of sp³-hybridized carbons (Fsp3) is 0.250. The summed E-state index contributed by atoms with van der Waals surface area (Å²) in [5.74, 6) is 0.205. The van der Waals surface area contributed by atoms with Crippen LogP contribution >= 0.6 is 0 Å². The molecular formula is C20H20N4O3. The molecule has 138 valence electrons. The SMILES string of the molecule is O=C(NCCc1ccc(O)cc1)C1CC(=O)N(c2n[nH]c3ccccc23)C1. The van der Waals surface area contributed by atoms with Crippen LogP contribution in [0.4, 0.5) is 5.82 Å². The minimum Gasteiger partial charge on any atom is -0.508 e. The first-order valence-corrected chi connectivity index (χ1v) is 8.91. The Balaban J connectivity index is 1.37. The van der Waals surface area contributed by atoms with Crippen molar-refractivity contribution in [2.24, 2.45) is 5.92 Å². The van der Waals surface area contributed by atoms with Gasteiger partial charge < -0.3 is 10.4 Å². The van der Waals surface area contributed by atoms with Crippen molar-refractivity contribution in [3.05, 3.63) is 54.1 Å². The molecule has 3 N–H and O–H groups in total. The van der Waals surface area contributed by atoms with Gasteiger partial charge in [-0.1, -0.05) is 24.3 Å². The Hall–Kier alpha value is -3.35. The highest BCUT2D eigenvalue weighted by molar-refractivity contribution is 6.05. The highest BCUT2D eigenvalue weighted by atomic mass is 16.3. The maximum Gasteiger partial charge on any atom is 0.229 e. The van der Waals surface area contributed by atoms with E-state index in [1.165, 1.54) is 0 Å². The molecule has 1 aromatic heterocycles. The van der Waals surface area contributed by atoms with Crippen LogP contribution in [0.2, 0.25) is 0 Å². The van der Waals surface area contributed by atoms with Crippen molar-refractivity contribution < 1.29 is 14.7 Å². The maximum atomic E-state index is 12.5. The second-order valence-electron chi connectivity index (χ2n) is 6.71. The lowest BCUT2D eigenvalue weighted by atomic mass is 10.1. The van der Waals surface area contributed by atoms with Gasteiger partial charge in [-0.2, -0.15) is 5.10 Å². The van der Waals surface area contributed by atoms with Gasteiger partial charge in [0.2, 0.25) is 11.8 Å². The number of aromatic amines is 1. The van der Waals surface area contributed by atoms with Crippen molar-refractivity contribution in [1.29, 1.82) is 0 Å². The summed E-state index contributed by atoms with van der Waals surface area (Å²) in [6.07, 6.45) is 0.854. The zero-order valence-corrected chi connectivity index (χ0v) is 14.7. The van der Waals surface area contributed by atoms with Crippen molar-refractivity contribution in [3.63, 3.8) is 0 Å². The highest BCUT2D eigenvalue weighted by Gasteiger charge is 2.36. The maximum absolute atomic E-state index is 12.5. The van der Waals surface area contributed by atoms with Crippen molar-refractivity contribution in [1.82, 2.24) is 15.5 Å². The number of anilines is 1. The number of nitrogens with zero attached hydrogens (tertiary/aromatic N) is 2. The van der Waals surface area contributed by atoms with E-state index in [-0.39, 0.29) is 29.9 Å². The zero-order valence-electron chi connectivity index (χ0n) is 14.7. The smallest absolute Gasteiger partial charge is 0.229 e. The number of carbonyl (C=O) groups is 2. The number of phenolic OH excluding ortho intramolecular Hbond substituents is 1. The molecule has 27 heavy (non-hydrogen) atoms. The molecule has 0 aliphatic carbocycles. The molecular weight excluding hydrogens is 344 g/mol. The number of benzene rings is 2. The summed E-state index contributed by atoms with van der Waals surface area (Å²) in [5.41, 5.74) is 1.89. The molecule has 1 aliphatic rings. The molecule has 0 bridgehead atoms. The van der Waals surface area contributed by atoms with E-state index in [0.29, 0.717) is 25.3 Å². The largest absolute Gasteiger partial charge is 0.508 e. The molecule has 3 aromatic rings. The van der Waals surface area contributed by atoms with Crippen LogP contribution < -0.4 is 10.2 Å². The third-order valence-corrected chi connectivity index (χ3v) is 4.85. The van der Waals surface area contributed by atoms with E-state index in [9.17, 15) is 14.7 Å². The molecule has 7 heteroatoms. The number of para-hydroxylation sites is 1. The Morgan fingerprint density at radius 1 is 1.22 bits per heavy atom. The van der Waals surface area contributed by atoms with Crippen LogP contribution in [0, 0.1) is 5.92 Å². The first-order chi connectivity index (χ1) is 13.1. The average molecular weight is 364 g/mol. The van der Waals surface area contributed by atoms with Gasteiger partial charge in [0.05, 0.1) is 11.4 Å². The molecule has 7 nitrogen and oxygen atoms in total. The van der Waals surface area contributed by atoms with Crippen LogP contribution in [-0.4, -0.2) is 40.2 Å². The number of aromatic hydroxyl groups is 1. The van der Waals surface area contributed by atoms with Gasteiger partial charge in [0.15, 0.2) is 5.82 Å². The summed E-state index contributed by atoms with van der Waals surface area (Å²) in [5, 5.41) is 20.3. The molecule has 2 aromatic carbocycles. The van der Waals surface area contributed by atoms with Crippen molar-refractivity contribution >= 4 is 28.5 Å². The fourth-order valence-electron chi connectivity index (χ4n) is 3.38. The number of carbonyl (C=O) groups excluding carboxylic acids is 2. The third-order valence-electron chi connectivity index (χ3n) is 4.85. The molecule has 0 radical (unpaired) electrons. The molecule has 1 fully saturated rings. The Morgan fingerprint density at radius 2 is 2.00 bits per heavy atom. The van der Waals surface area contributed by atoms with Crippen LogP contribution in [0.25, 0.3) is 10.9 Å². The van der Waals surface area contributed by atoms with Gasteiger partial charge in [0, 0.05) is 24.9 Å². The molecule has 1 unspecified atom stereocenters. The fourth-order valence-corrected chi connectivity index (χ4v) is 3.38. The van der Waals surface area contributed by atoms with E-state index in [4.69, 9.17) is 0 Å². The normalized spacial score (nSPS) is 16.8. The van der Waals surface area contributed by atoms with E-state index in [0.717, 1.165) is 16.5 Å². The first kappa shape index (κ1) is 17.1. The Labute approximate surface area is 156 Å². The van der Waals surface area contributed by atoms with Crippen LogP contribution in [0.3, 0.4) is 0 Å². The second-order valence-corrected chi connectivity index (χ2v) is 6.71. The summed E-state index contributed by atoms with van der Waals surface area (Å²) >= 11 is 0. The number of H-pyrrole nitrogens is 1.